The van der Waals surface area contributed by atoms with Gasteiger partial charge in [0.15, 0.2) is 12.4 Å². The van der Waals surface area contributed by atoms with Gasteiger partial charge in [-0.05, 0) is 37.3 Å². The lowest BCUT2D eigenvalue weighted by atomic mass is 10.1. The Morgan fingerprint density at radius 3 is 2.39 bits per heavy atom. The molecule has 7 nitrogen and oxygen atoms in total. The minimum absolute atomic E-state index is 0.00818. The number of ketones is 1. The summed E-state index contributed by atoms with van der Waals surface area (Å²) in [6, 6.07) is 14.0. The number of esters is 1. The summed E-state index contributed by atoms with van der Waals surface area (Å²) in [5.41, 5.74) is 1.42. The zero-order valence-electron chi connectivity index (χ0n) is 15.9. The van der Waals surface area contributed by atoms with Crippen LogP contribution in [0.2, 0.25) is 0 Å². The van der Waals surface area contributed by atoms with Crippen LogP contribution in [0.5, 0.6) is 11.5 Å². The third-order valence-electron chi connectivity index (χ3n) is 3.87. The number of nitrogens with one attached hydrogen (secondary N) is 1. The van der Waals surface area contributed by atoms with Crippen molar-refractivity contribution in [3.8, 4) is 11.5 Å². The predicted octanol–water partition coefficient (Wildman–Crippen LogP) is 2.53. The molecule has 0 saturated heterocycles. The molecule has 2 aromatic carbocycles. The first-order chi connectivity index (χ1) is 13.5. The Hall–Kier alpha value is -3.35. The van der Waals surface area contributed by atoms with Crippen LogP contribution in [0.4, 0.5) is 0 Å². The number of hydrogen-bond donors (Lipinski definition) is 1. The van der Waals surface area contributed by atoms with Crippen molar-refractivity contribution in [1.82, 2.24) is 5.32 Å². The number of para-hydroxylation sites is 1. The van der Waals surface area contributed by atoms with Gasteiger partial charge in [0, 0.05) is 17.7 Å². The van der Waals surface area contributed by atoms with Gasteiger partial charge < -0.3 is 19.5 Å². The van der Waals surface area contributed by atoms with Crippen LogP contribution in [0.25, 0.3) is 0 Å². The van der Waals surface area contributed by atoms with E-state index in [2.05, 4.69) is 5.32 Å². The van der Waals surface area contributed by atoms with Crippen LogP contribution in [0.3, 0.4) is 0 Å². The molecule has 0 bridgehead atoms. The summed E-state index contributed by atoms with van der Waals surface area (Å²) >= 11 is 0. The Labute approximate surface area is 163 Å². The molecule has 0 aromatic heterocycles. The summed E-state index contributed by atoms with van der Waals surface area (Å²) in [5.74, 6) is 0.257. The van der Waals surface area contributed by atoms with Crippen molar-refractivity contribution in [2.75, 3.05) is 20.3 Å². The summed E-state index contributed by atoms with van der Waals surface area (Å²) in [7, 11) is 1.56. The fourth-order valence-corrected chi connectivity index (χ4v) is 2.35. The van der Waals surface area contributed by atoms with Crippen LogP contribution in [-0.2, 0) is 20.9 Å². The zero-order valence-corrected chi connectivity index (χ0v) is 15.9. The maximum absolute atomic E-state index is 11.8. The summed E-state index contributed by atoms with van der Waals surface area (Å²) in [6.45, 7) is 1.51. The average molecular weight is 385 g/mol. The smallest absolute Gasteiger partial charge is 0.309 e. The number of hydrogen-bond acceptors (Lipinski definition) is 6. The molecule has 0 fully saturated rings. The monoisotopic (exact) mass is 385 g/mol. The fraction of sp³-hybridized carbons (Fsp3) is 0.286. The second-order valence-corrected chi connectivity index (χ2v) is 5.93. The first-order valence-corrected chi connectivity index (χ1v) is 8.77. The van der Waals surface area contributed by atoms with E-state index < -0.39 is 11.9 Å². The van der Waals surface area contributed by atoms with Gasteiger partial charge in [0.2, 0.25) is 0 Å². The fourth-order valence-electron chi connectivity index (χ4n) is 2.35. The van der Waals surface area contributed by atoms with Crippen molar-refractivity contribution in [2.45, 2.75) is 19.9 Å². The minimum Gasteiger partial charge on any atom is -0.496 e. The van der Waals surface area contributed by atoms with Crippen LogP contribution < -0.4 is 14.8 Å². The third kappa shape index (κ3) is 6.75. The van der Waals surface area contributed by atoms with Gasteiger partial charge in [0.1, 0.15) is 11.5 Å². The van der Waals surface area contributed by atoms with Crippen molar-refractivity contribution in [1.29, 1.82) is 0 Å². The molecular formula is C21H23NO6. The molecule has 1 N–H and O–H groups in total. The topological polar surface area (TPSA) is 90.9 Å². The summed E-state index contributed by atoms with van der Waals surface area (Å²) < 4.78 is 15.6. The number of carbonyl (C=O) groups is 3. The van der Waals surface area contributed by atoms with E-state index in [9.17, 15) is 14.4 Å². The predicted molar refractivity (Wildman–Crippen MR) is 102 cm³/mol. The number of Topliss-reactive ketones (excluding diaryl/α,β-unsaturated/α-hetero) is 1. The van der Waals surface area contributed by atoms with E-state index in [-0.39, 0.29) is 32.0 Å². The van der Waals surface area contributed by atoms with Crippen molar-refractivity contribution < 1.29 is 28.6 Å². The van der Waals surface area contributed by atoms with Crippen molar-refractivity contribution >= 4 is 17.7 Å². The molecule has 2 rings (SSSR count). The third-order valence-corrected chi connectivity index (χ3v) is 3.87. The first-order valence-electron chi connectivity index (χ1n) is 8.77. The molecule has 0 aliphatic heterocycles. The van der Waals surface area contributed by atoms with Crippen molar-refractivity contribution in [3.05, 3.63) is 59.7 Å². The number of methoxy groups -OCH3 is 1. The van der Waals surface area contributed by atoms with Gasteiger partial charge in [0.05, 0.1) is 20.1 Å². The SMILES string of the molecule is COc1ccccc1CNC(=O)COC(=O)CCOc1ccc(C(C)=O)cc1. The van der Waals surface area contributed by atoms with Crippen LogP contribution in [0.1, 0.15) is 29.3 Å². The number of benzene rings is 2. The maximum atomic E-state index is 11.8. The average Bonchev–Trinajstić information content (AvgIpc) is 2.71. The number of ether oxygens (including phenoxy) is 3. The summed E-state index contributed by atoms with van der Waals surface area (Å²) in [6.07, 6.45) is 0.00818. The van der Waals surface area contributed by atoms with Gasteiger partial charge in [0.25, 0.3) is 5.91 Å². The molecule has 0 aliphatic rings. The maximum Gasteiger partial charge on any atom is 0.309 e. The van der Waals surface area contributed by atoms with E-state index in [0.717, 1.165) is 5.56 Å². The molecule has 0 unspecified atom stereocenters. The summed E-state index contributed by atoms with van der Waals surface area (Å²) in [5, 5.41) is 2.67. The summed E-state index contributed by atoms with van der Waals surface area (Å²) in [4.78, 5) is 34.7. The lowest BCUT2D eigenvalue weighted by molar-refractivity contribution is -0.149. The van der Waals surface area contributed by atoms with Crippen LogP contribution in [0, 0.1) is 0 Å². The van der Waals surface area contributed by atoms with Crippen LogP contribution >= 0.6 is 0 Å². The molecule has 0 heterocycles. The van der Waals surface area contributed by atoms with Gasteiger partial charge in [-0.2, -0.15) is 0 Å². The lowest BCUT2D eigenvalue weighted by Crippen LogP contribution is -2.28. The molecule has 1 amide bonds. The van der Waals surface area contributed by atoms with E-state index in [0.29, 0.717) is 17.1 Å². The highest BCUT2D eigenvalue weighted by atomic mass is 16.5. The Morgan fingerprint density at radius 2 is 1.71 bits per heavy atom. The standard InChI is InChI=1S/C21H23NO6/c1-15(23)16-7-9-18(10-8-16)27-12-11-21(25)28-14-20(24)22-13-17-5-3-4-6-19(17)26-2/h3-10H,11-14H2,1-2H3,(H,22,24). The molecule has 0 atom stereocenters. The Bertz CT molecular complexity index is 816. The molecule has 0 spiro atoms. The highest BCUT2D eigenvalue weighted by Crippen LogP contribution is 2.16. The highest BCUT2D eigenvalue weighted by molar-refractivity contribution is 5.94. The number of amides is 1. The largest absolute Gasteiger partial charge is 0.496 e. The van der Waals surface area contributed by atoms with Gasteiger partial charge in [-0.3, -0.25) is 14.4 Å². The zero-order chi connectivity index (χ0) is 20.4. The van der Waals surface area contributed by atoms with Gasteiger partial charge in [-0.1, -0.05) is 18.2 Å². The molecule has 0 saturated carbocycles. The van der Waals surface area contributed by atoms with E-state index in [1.165, 1.54) is 6.92 Å². The van der Waals surface area contributed by atoms with E-state index >= 15 is 0 Å². The number of rotatable bonds is 10. The molecule has 7 heteroatoms. The normalized spacial score (nSPS) is 10.1. The minimum atomic E-state index is -0.534. The van der Waals surface area contributed by atoms with Crippen LogP contribution in [-0.4, -0.2) is 38.0 Å². The molecule has 0 radical (unpaired) electrons. The van der Waals surface area contributed by atoms with Crippen LogP contribution in [0.15, 0.2) is 48.5 Å². The van der Waals surface area contributed by atoms with Gasteiger partial charge >= 0.3 is 5.97 Å². The van der Waals surface area contributed by atoms with Gasteiger partial charge in [-0.15, -0.1) is 0 Å². The molecular weight excluding hydrogens is 362 g/mol. The van der Waals surface area contributed by atoms with Crippen molar-refractivity contribution in [2.24, 2.45) is 0 Å². The highest BCUT2D eigenvalue weighted by Gasteiger charge is 2.09. The van der Waals surface area contributed by atoms with Crippen molar-refractivity contribution in [3.63, 3.8) is 0 Å². The molecule has 0 aliphatic carbocycles. The molecule has 28 heavy (non-hydrogen) atoms. The number of carbonyl (C=O) groups excluding carboxylic acids is 3. The second kappa shape index (κ2) is 10.7. The lowest BCUT2D eigenvalue weighted by Gasteiger charge is -2.10. The Morgan fingerprint density at radius 1 is 1.00 bits per heavy atom. The first kappa shape index (κ1) is 21.0. The Balaban J connectivity index is 1.65. The molecule has 2 aromatic rings. The molecule has 148 valence electrons. The van der Waals surface area contributed by atoms with E-state index in [1.54, 1.807) is 37.4 Å². The van der Waals surface area contributed by atoms with Gasteiger partial charge in [-0.25, -0.2) is 0 Å². The van der Waals surface area contributed by atoms with E-state index in [1.807, 2.05) is 18.2 Å². The Kier molecular flexibility index (Phi) is 8.02. The van der Waals surface area contributed by atoms with E-state index in [4.69, 9.17) is 14.2 Å². The second-order valence-electron chi connectivity index (χ2n) is 5.93. The quantitative estimate of drug-likeness (QED) is 0.499.